The fourth-order valence-corrected chi connectivity index (χ4v) is 17.0. The van der Waals surface area contributed by atoms with Crippen molar-refractivity contribution in [2.75, 3.05) is 37.0 Å². The van der Waals surface area contributed by atoms with Gasteiger partial charge < -0.3 is 88.2 Å². The van der Waals surface area contributed by atoms with Crippen LogP contribution < -0.4 is 39.7 Å². The average molecular weight is 1360 g/mol. The molecule has 21 atom stereocenters. The Balaban J connectivity index is 0.772. The summed E-state index contributed by atoms with van der Waals surface area (Å²) in [5.41, 5.74) is 10.6. The Kier molecular flexibility index (Phi) is 15.9. The van der Waals surface area contributed by atoms with Gasteiger partial charge in [0.25, 0.3) is 11.1 Å². The molecule has 7 unspecified atom stereocenters. The quantitative estimate of drug-likeness (QED) is 0.0423. The van der Waals surface area contributed by atoms with E-state index in [-0.39, 0.29) is 51.9 Å². The summed E-state index contributed by atoms with van der Waals surface area (Å²) < 4.78 is 87.8. The number of aryl methyl sites for hydroxylation is 2. The van der Waals surface area contributed by atoms with Crippen molar-refractivity contribution in [1.29, 1.82) is 0 Å². The summed E-state index contributed by atoms with van der Waals surface area (Å²) in [4.78, 5) is 118. The number of hydrogen-bond acceptors (Lipinski definition) is 30. The molecule has 0 amide bonds. The van der Waals surface area contributed by atoms with Gasteiger partial charge in [-0.25, -0.2) is 29.5 Å². The molecule has 12 N–H and O–H groups in total. The third kappa shape index (κ3) is 10.5. The first kappa shape index (κ1) is 62.9. The molecule has 6 bridgehead atoms. The monoisotopic (exact) mass is 1360 g/mol. The Labute approximate surface area is 515 Å². The molecular weight excluding hydrogens is 1300 g/mol. The van der Waals surface area contributed by atoms with E-state index in [1.54, 1.807) is 34.6 Å². The van der Waals surface area contributed by atoms with Gasteiger partial charge in [0, 0.05) is 29.9 Å². The minimum absolute atomic E-state index is 0.0359. The van der Waals surface area contributed by atoms with E-state index in [4.69, 9.17) is 113 Å². The number of ether oxygens (including phenoxy) is 7. The number of aromatic amines is 2. The molecule has 7 aliphatic heterocycles. The van der Waals surface area contributed by atoms with Crippen LogP contribution in [0.3, 0.4) is 0 Å². The highest BCUT2D eigenvalue weighted by Crippen LogP contribution is 2.63. The van der Waals surface area contributed by atoms with Gasteiger partial charge in [-0.15, -0.1) is 0 Å². The van der Waals surface area contributed by atoms with Crippen LogP contribution in [0.15, 0.2) is 50.6 Å². The Bertz CT molecular complexity index is 4240. The van der Waals surface area contributed by atoms with Crippen LogP contribution in [0.25, 0.3) is 22.3 Å². The number of aliphatic hydroxyl groups is 1. The lowest BCUT2D eigenvalue weighted by molar-refractivity contribution is -0.217. The molecular formula is C47H60N15O21P3S3. The molecule has 7 aliphatic rings. The number of H-pyrrole nitrogens is 2. The largest absolute Gasteiger partial charge is 0.387 e. The molecule has 6 aromatic rings. The van der Waals surface area contributed by atoms with E-state index in [1.807, 2.05) is 0 Å². The normalized spacial score (nSPS) is 36.6. The van der Waals surface area contributed by atoms with Crippen LogP contribution in [-0.4, -0.2) is 182 Å². The van der Waals surface area contributed by atoms with Crippen LogP contribution in [0, 0.1) is 13.8 Å². The molecule has 7 saturated heterocycles. The summed E-state index contributed by atoms with van der Waals surface area (Å²) in [6.07, 6.45) is -10.1. The lowest BCUT2D eigenvalue weighted by Crippen LogP contribution is -2.52. The van der Waals surface area contributed by atoms with E-state index >= 15 is 0 Å². The number of nitrogens with one attached hydrogen (secondary N) is 2. The number of imidazole rings is 2. The first-order chi connectivity index (χ1) is 42.0. The summed E-state index contributed by atoms with van der Waals surface area (Å²) in [6.45, 7) is -5.92. The van der Waals surface area contributed by atoms with Crippen LogP contribution >= 0.6 is 20.2 Å². The maximum atomic E-state index is 13.5. The highest BCUT2D eigenvalue weighted by atomic mass is 32.5. The molecule has 36 nitrogen and oxygen atoms in total. The van der Waals surface area contributed by atoms with Crippen LogP contribution in [0.2, 0.25) is 0 Å². The summed E-state index contributed by atoms with van der Waals surface area (Å²) in [5, 5.41) is 11.8. The second-order valence-electron chi connectivity index (χ2n) is 22.6. The molecule has 7 fully saturated rings. The van der Waals surface area contributed by atoms with Gasteiger partial charge in [-0.2, -0.15) is 9.97 Å². The molecule has 42 heteroatoms. The topological polar surface area (TPSA) is 476 Å². The van der Waals surface area contributed by atoms with Crippen molar-refractivity contribution in [3.8, 4) is 0 Å². The van der Waals surface area contributed by atoms with Crippen molar-refractivity contribution in [2.45, 2.75) is 163 Å². The van der Waals surface area contributed by atoms with Crippen LogP contribution in [-0.2, 0) is 95.7 Å². The van der Waals surface area contributed by atoms with E-state index < -0.39 is 171 Å². The van der Waals surface area contributed by atoms with E-state index in [9.17, 15) is 39.0 Å². The highest BCUT2D eigenvalue weighted by molar-refractivity contribution is 8.07. The number of nitrogen functional groups attached to an aromatic ring is 3. The Morgan fingerprint density at radius 2 is 1.17 bits per heavy atom. The van der Waals surface area contributed by atoms with Crippen molar-refractivity contribution in [2.24, 2.45) is 0 Å². The van der Waals surface area contributed by atoms with Gasteiger partial charge in [-0.3, -0.25) is 46.9 Å². The van der Waals surface area contributed by atoms with Gasteiger partial charge in [0.2, 0.25) is 5.95 Å². The van der Waals surface area contributed by atoms with Crippen molar-refractivity contribution in [3.63, 3.8) is 0 Å². The Morgan fingerprint density at radius 3 is 1.80 bits per heavy atom. The predicted octanol–water partition coefficient (Wildman–Crippen LogP) is -0.791. The average Bonchev–Trinajstić information content (AvgIpc) is 1.57. The van der Waals surface area contributed by atoms with Crippen LogP contribution in [0.4, 0.5) is 17.6 Å². The van der Waals surface area contributed by atoms with Gasteiger partial charge in [-0.05, 0) is 76.5 Å². The lowest BCUT2D eigenvalue weighted by atomic mass is 9.94. The fraction of sp³-hybridized carbons (Fsp3) is 0.617. The maximum Gasteiger partial charge on any atom is 0.351 e. The molecule has 0 aliphatic carbocycles. The molecule has 0 spiro atoms. The number of rotatable bonds is 20. The molecule has 0 aromatic carbocycles. The number of fused-ring (bicyclic) bond motifs is 8. The molecule has 6 aromatic heterocycles. The van der Waals surface area contributed by atoms with Gasteiger partial charge in [0.15, 0.2) is 41.3 Å². The van der Waals surface area contributed by atoms with Gasteiger partial charge in [-0.1, -0.05) is 6.92 Å². The van der Waals surface area contributed by atoms with Gasteiger partial charge >= 0.3 is 31.5 Å². The standard InChI is InChI=1S/C47H60N15O21P3S3/c1-7-22-23(8-24(77-22)59-9-17(2)33(48)55-43(59)66)81-84(68,87)72-12-46-20(5)75-28(40(79-46)60-10-18(3)37(64)58-44(60)67)31(46)82-86(70,89)73-13-47-21(6)76-29(41(80-47)61-15-53-25-34(49)51-14-52-35(25)61)32(47)83-85(69,88)71-11-45-19(4)74-27(30(45)63)39(78-45)62-16-54-26-36(62)56-42(50)57-38(26)65/h9-10,14-16,19-24,27-32,39-41,63H,7-8,11-13H2,1-6H3,(H,68,87)(H,69,88)(H,70,89)(H2,48,55,66)(H2,49,51,52)(H,58,64,67)(H3,50,56,57,65)/t19-,20-,21-,22+,23?,24+,27-,28-,29-,30?,31?,32?,39+,40+,41+,45-,46-,47-,84?,85?,86?/m0/s1. The van der Waals surface area contributed by atoms with Gasteiger partial charge in [0.05, 0.1) is 63.0 Å². The number of nitrogens with zero attached hydrogens (tertiary/aromatic N) is 10. The third-order valence-electron chi connectivity index (χ3n) is 17.4. The zero-order valence-corrected chi connectivity index (χ0v) is 52.7. The first-order valence-electron chi connectivity index (χ1n) is 27.6. The lowest BCUT2D eigenvalue weighted by Gasteiger charge is -2.39. The summed E-state index contributed by atoms with van der Waals surface area (Å²) in [5.74, 6) is -0.103. The molecule has 13 heterocycles. The van der Waals surface area contributed by atoms with Crippen molar-refractivity contribution >= 4 is 95.5 Å². The Morgan fingerprint density at radius 1 is 0.640 bits per heavy atom. The maximum absolute atomic E-state index is 13.5. The number of aromatic nitrogens is 12. The first-order valence-corrected chi connectivity index (χ1v) is 35.4. The minimum Gasteiger partial charge on any atom is -0.387 e. The number of nitrogens with two attached hydrogens (primary N) is 3. The highest BCUT2D eigenvalue weighted by Gasteiger charge is 2.72. The van der Waals surface area contributed by atoms with E-state index in [0.29, 0.717) is 12.0 Å². The third-order valence-corrected chi connectivity index (χ3v) is 22.0. The number of anilines is 3. The summed E-state index contributed by atoms with van der Waals surface area (Å²) in [6, 6.07) is 0. The van der Waals surface area contributed by atoms with Crippen LogP contribution in [0.5, 0.6) is 0 Å². The molecule has 0 radical (unpaired) electrons. The van der Waals surface area contributed by atoms with E-state index in [2.05, 4.69) is 39.9 Å². The predicted molar refractivity (Wildman–Crippen MR) is 314 cm³/mol. The van der Waals surface area contributed by atoms with Crippen molar-refractivity contribution in [3.05, 3.63) is 84.2 Å². The number of aliphatic hydroxyl groups excluding tert-OH is 1. The van der Waals surface area contributed by atoms with Crippen molar-refractivity contribution in [1.82, 2.24) is 58.1 Å². The smallest absolute Gasteiger partial charge is 0.351 e. The Hall–Kier alpha value is -4.87. The second-order valence-corrected chi connectivity index (χ2v) is 31.0. The molecule has 13 rings (SSSR count). The SMILES string of the molecule is CC[C@H]1O[C@@H](n2cc(C)c(N)nc2=O)CC1OP(O)(=S)OC[C@]12O[C@@H](n3cc(C)c(=O)[nH]c3=O)[C@@H](O[C@H]1C)C2OP(O)(=S)OC[C@]12O[C@@H](n3cnc4c(N)ncnc43)[C@@H](O[C@H]1C)C2OP(O)(=S)OC[C@]12O[C@@H](n3cnc4c(=O)[nH]c(N)nc43)[C@@H](O[C@H]1C)C2O. The fourth-order valence-electron chi connectivity index (χ4n) is 12.7. The van der Waals surface area contributed by atoms with Gasteiger partial charge in [0.1, 0.15) is 77.3 Å². The summed E-state index contributed by atoms with van der Waals surface area (Å²) >= 11 is 17.1. The minimum atomic E-state index is -4.71. The zero-order chi connectivity index (χ0) is 63.4. The zero-order valence-electron chi connectivity index (χ0n) is 47.6. The summed E-state index contributed by atoms with van der Waals surface area (Å²) in [7, 11) is 0. The van der Waals surface area contributed by atoms with E-state index in [1.165, 1.54) is 52.0 Å². The van der Waals surface area contributed by atoms with Crippen LogP contribution in [0.1, 0.15) is 76.6 Å². The number of hydrogen-bond donors (Lipinski definition) is 9. The molecule has 89 heavy (non-hydrogen) atoms. The molecule has 482 valence electrons. The second kappa shape index (κ2) is 22.4. The molecule has 0 saturated carbocycles. The van der Waals surface area contributed by atoms with E-state index in [0.717, 1.165) is 4.57 Å². The van der Waals surface area contributed by atoms with Crippen molar-refractivity contribution < 1.29 is 80.1 Å².